The van der Waals surface area contributed by atoms with E-state index >= 15 is 0 Å². The van der Waals surface area contributed by atoms with E-state index in [2.05, 4.69) is 31.3 Å². The maximum atomic E-state index is 12.3. The Morgan fingerprint density at radius 3 is 2.24 bits per heavy atom. The molecule has 0 heterocycles. The zero-order valence-corrected chi connectivity index (χ0v) is 19.7. The van der Waals surface area contributed by atoms with Crippen molar-refractivity contribution in [1.82, 2.24) is 5.43 Å². The van der Waals surface area contributed by atoms with Crippen molar-refractivity contribution in [3.05, 3.63) is 101 Å². The van der Waals surface area contributed by atoms with Gasteiger partial charge < -0.3 is 9.47 Å². The fraction of sp³-hybridized carbons (Fsp3) is 0.179. The first-order valence-corrected chi connectivity index (χ1v) is 10.8. The highest BCUT2D eigenvalue weighted by molar-refractivity contribution is 5.95. The highest BCUT2D eigenvalue weighted by atomic mass is 16.5. The van der Waals surface area contributed by atoms with Crippen LogP contribution in [-0.4, -0.2) is 25.2 Å². The molecule has 34 heavy (non-hydrogen) atoms. The smallest absolute Gasteiger partial charge is 0.336 e. The Kier molecular flexibility index (Phi) is 7.98. The van der Waals surface area contributed by atoms with Crippen molar-refractivity contribution in [1.29, 1.82) is 0 Å². The van der Waals surface area contributed by atoms with Gasteiger partial charge in [-0.2, -0.15) is 5.10 Å². The van der Waals surface area contributed by atoms with Gasteiger partial charge in [-0.15, -0.1) is 0 Å². The SMILES string of the molecule is COc1ccc(/C=C/C(=O)Oc2cccc(/C=N\NC(=O)c3ccc(C(C)(C)C)cc3)c2)cc1. The number of ether oxygens (including phenoxy) is 2. The molecule has 174 valence electrons. The molecule has 0 atom stereocenters. The van der Waals surface area contributed by atoms with E-state index in [4.69, 9.17) is 9.47 Å². The summed E-state index contributed by atoms with van der Waals surface area (Å²) in [6.45, 7) is 6.36. The lowest BCUT2D eigenvalue weighted by Crippen LogP contribution is -2.18. The molecule has 6 heteroatoms. The van der Waals surface area contributed by atoms with Gasteiger partial charge in [-0.05, 0) is 64.6 Å². The molecule has 0 aromatic heterocycles. The number of hydrogen-bond donors (Lipinski definition) is 1. The van der Waals surface area contributed by atoms with Crippen molar-refractivity contribution in [2.75, 3.05) is 7.11 Å². The van der Waals surface area contributed by atoms with Gasteiger partial charge in [0, 0.05) is 11.6 Å². The van der Waals surface area contributed by atoms with Gasteiger partial charge in [0.05, 0.1) is 13.3 Å². The predicted octanol–water partition coefficient (Wildman–Crippen LogP) is 5.38. The zero-order valence-electron chi connectivity index (χ0n) is 19.7. The number of hydrogen-bond acceptors (Lipinski definition) is 5. The Labute approximate surface area is 199 Å². The van der Waals surface area contributed by atoms with E-state index < -0.39 is 5.97 Å². The molecule has 0 saturated carbocycles. The molecule has 1 amide bonds. The second kappa shape index (κ2) is 11.1. The van der Waals surface area contributed by atoms with E-state index in [9.17, 15) is 9.59 Å². The van der Waals surface area contributed by atoms with Gasteiger partial charge in [0.25, 0.3) is 5.91 Å². The van der Waals surface area contributed by atoms with Gasteiger partial charge in [0.15, 0.2) is 0 Å². The molecule has 3 aromatic rings. The van der Waals surface area contributed by atoms with Crippen molar-refractivity contribution < 1.29 is 19.1 Å². The highest BCUT2D eigenvalue weighted by Gasteiger charge is 2.14. The highest BCUT2D eigenvalue weighted by Crippen LogP contribution is 2.22. The molecule has 1 N–H and O–H groups in total. The Hall–Kier alpha value is -4.19. The minimum absolute atomic E-state index is 0.0209. The van der Waals surface area contributed by atoms with E-state index in [-0.39, 0.29) is 11.3 Å². The van der Waals surface area contributed by atoms with Crippen LogP contribution >= 0.6 is 0 Å². The number of carbonyl (C=O) groups excluding carboxylic acids is 2. The third-order valence-corrected chi connectivity index (χ3v) is 5.00. The molecule has 0 fully saturated rings. The number of nitrogens with one attached hydrogen (secondary N) is 1. The average Bonchev–Trinajstić information content (AvgIpc) is 2.83. The van der Waals surface area contributed by atoms with Crippen molar-refractivity contribution in [2.24, 2.45) is 5.10 Å². The van der Waals surface area contributed by atoms with Crippen LogP contribution in [0.5, 0.6) is 11.5 Å². The maximum Gasteiger partial charge on any atom is 0.336 e. The normalized spacial score (nSPS) is 11.5. The fourth-order valence-electron chi connectivity index (χ4n) is 3.04. The predicted molar refractivity (Wildman–Crippen MR) is 134 cm³/mol. The first kappa shape index (κ1) is 24.5. The summed E-state index contributed by atoms with van der Waals surface area (Å²) in [5.41, 5.74) is 5.73. The van der Waals surface area contributed by atoms with Gasteiger partial charge in [0.2, 0.25) is 0 Å². The van der Waals surface area contributed by atoms with E-state index in [1.807, 2.05) is 36.4 Å². The topological polar surface area (TPSA) is 77.0 Å². The third kappa shape index (κ3) is 7.17. The number of esters is 1. The monoisotopic (exact) mass is 456 g/mol. The summed E-state index contributed by atoms with van der Waals surface area (Å²) in [4.78, 5) is 24.5. The Balaban J connectivity index is 1.55. The van der Waals surface area contributed by atoms with Crippen molar-refractivity contribution in [2.45, 2.75) is 26.2 Å². The number of methoxy groups -OCH3 is 1. The first-order valence-electron chi connectivity index (χ1n) is 10.8. The summed E-state index contributed by atoms with van der Waals surface area (Å²) >= 11 is 0. The molecule has 0 unspecified atom stereocenters. The number of amides is 1. The minimum atomic E-state index is -0.503. The number of hydrazone groups is 1. The van der Waals surface area contributed by atoms with Gasteiger partial charge in [-0.1, -0.05) is 57.2 Å². The van der Waals surface area contributed by atoms with Crippen LogP contribution in [0.3, 0.4) is 0 Å². The summed E-state index contributed by atoms with van der Waals surface area (Å²) in [7, 11) is 1.60. The molecule has 0 bridgehead atoms. The second-order valence-corrected chi connectivity index (χ2v) is 8.63. The van der Waals surface area contributed by atoms with E-state index in [1.165, 1.54) is 12.3 Å². The number of rotatable bonds is 7. The van der Waals surface area contributed by atoms with Gasteiger partial charge in [-0.25, -0.2) is 10.2 Å². The maximum absolute atomic E-state index is 12.3. The van der Waals surface area contributed by atoms with Crippen LogP contribution < -0.4 is 14.9 Å². The van der Waals surface area contributed by atoms with E-state index in [0.717, 1.165) is 16.9 Å². The van der Waals surface area contributed by atoms with Crippen LogP contribution in [0.2, 0.25) is 0 Å². The molecular formula is C28H28N2O4. The van der Waals surface area contributed by atoms with Gasteiger partial charge in [0.1, 0.15) is 11.5 Å². The molecule has 3 aromatic carbocycles. The lowest BCUT2D eigenvalue weighted by Gasteiger charge is -2.18. The summed E-state index contributed by atoms with van der Waals surface area (Å²) in [6, 6.07) is 21.6. The van der Waals surface area contributed by atoms with Crippen LogP contribution in [0, 0.1) is 0 Å². The Morgan fingerprint density at radius 2 is 1.59 bits per heavy atom. The fourth-order valence-corrected chi connectivity index (χ4v) is 3.04. The quantitative estimate of drug-likeness (QED) is 0.170. The molecular weight excluding hydrogens is 428 g/mol. The van der Waals surface area contributed by atoms with Crippen LogP contribution in [0.15, 0.2) is 84.0 Å². The van der Waals surface area contributed by atoms with Crippen LogP contribution in [0.25, 0.3) is 6.08 Å². The molecule has 0 spiro atoms. The Morgan fingerprint density at radius 1 is 0.882 bits per heavy atom. The van der Waals surface area contributed by atoms with Crippen molar-refractivity contribution in [3.63, 3.8) is 0 Å². The molecule has 0 aliphatic heterocycles. The summed E-state index contributed by atoms with van der Waals surface area (Å²) < 4.78 is 10.5. The van der Waals surface area contributed by atoms with Crippen LogP contribution in [-0.2, 0) is 10.2 Å². The number of carbonyl (C=O) groups is 2. The molecule has 0 aliphatic carbocycles. The third-order valence-electron chi connectivity index (χ3n) is 5.00. The molecule has 6 nitrogen and oxygen atoms in total. The van der Waals surface area contributed by atoms with Gasteiger partial charge in [-0.3, -0.25) is 4.79 Å². The van der Waals surface area contributed by atoms with Crippen molar-refractivity contribution in [3.8, 4) is 11.5 Å². The first-order chi connectivity index (χ1) is 16.2. The summed E-state index contributed by atoms with van der Waals surface area (Å²) in [5, 5.41) is 4.01. The molecule has 0 saturated heterocycles. The standard InChI is InChI=1S/C28H28N2O4/c1-28(2,3)23-13-11-22(12-14-23)27(32)30-29-19-21-6-5-7-25(18-21)34-26(31)17-10-20-8-15-24(33-4)16-9-20/h5-19H,1-4H3,(H,30,32)/b17-10+,29-19-. The van der Waals surface area contributed by atoms with Crippen LogP contribution in [0.1, 0.15) is 47.8 Å². The van der Waals surface area contributed by atoms with Gasteiger partial charge >= 0.3 is 5.97 Å². The zero-order chi connectivity index (χ0) is 24.6. The average molecular weight is 457 g/mol. The largest absolute Gasteiger partial charge is 0.497 e. The summed E-state index contributed by atoms with van der Waals surface area (Å²) in [6.07, 6.45) is 4.51. The lowest BCUT2D eigenvalue weighted by atomic mass is 9.87. The molecule has 0 radical (unpaired) electrons. The molecule has 3 rings (SSSR count). The van der Waals surface area contributed by atoms with Crippen molar-refractivity contribution >= 4 is 24.2 Å². The second-order valence-electron chi connectivity index (χ2n) is 8.63. The number of benzene rings is 3. The van der Waals surface area contributed by atoms with E-state index in [0.29, 0.717) is 16.9 Å². The van der Waals surface area contributed by atoms with E-state index in [1.54, 1.807) is 49.6 Å². The number of nitrogens with zero attached hydrogens (tertiary/aromatic N) is 1. The molecule has 0 aliphatic rings. The lowest BCUT2D eigenvalue weighted by molar-refractivity contribution is -0.128. The summed E-state index contributed by atoms with van der Waals surface area (Å²) in [5.74, 6) is 0.310. The van der Waals surface area contributed by atoms with Crippen LogP contribution in [0.4, 0.5) is 0 Å². The minimum Gasteiger partial charge on any atom is -0.497 e. The Bertz CT molecular complexity index is 1190.